The quantitative estimate of drug-likeness (QED) is 0.784. The maximum Gasteiger partial charge on any atom is 0.234 e. The van der Waals surface area contributed by atoms with E-state index in [2.05, 4.69) is 17.0 Å². The Hall–Kier alpha value is -2.33. The van der Waals surface area contributed by atoms with Crippen molar-refractivity contribution < 1.29 is 9.53 Å². The van der Waals surface area contributed by atoms with Gasteiger partial charge in [0.2, 0.25) is 5.91 Å². The Kier molecular flexibility index (Phi) is 4.45. The topological polar surface area (TPSA) is 32.8 Å². The number of anilines is 1. The summed E-state index contributed by atoms with van der Waals surface area (Å²) in [5.74, 6) is 1.11. The number of ether oxygens (including phenoxy) is 1. The van der Waals surface area contributed by atoms with E-state index in [1.54, 1.807) is 7.11 Å². The summed E-state index contributed by atoms with van der Waals surface area (Å²) >= 11 is 0. The number of carbonyl (C=O) groups is 1. The molecule has 0 unspecified atom stereocenters. The van der Waals surface area contributed by atoms with Crippen LogP contribution in [0.25, 0.3) is 0 Å². The molecule has 2 saturated heterocycles. The summed E-state index contributed by atoms with van der Waals surface area (Å²) in [5, 5.41) is 0. The number of amides is 1. The standard InChI is InChI=1S/C21H24N2O2/c1-25-18-11-9-16(10-12-18)20-19(15-22-13-5-6-14-22)21(24)23(20)17-7-3-2-4-8-17/h2-4,7-12,19-20H,5-6,13-15H2,1H3/t19-,20-/m1/s1. The highest BCUT2D eigenvalue weighted by Gasteiger charge is 2.49. The van der Waals surface area contributed by atoms with Gasteiger partial charge in [0.25, 0.3) is 0 Å². The number of para-hydroxylation sites is 1. The minimum Gasteiger partial charge on any atom is -0.497 e. The maximum atomic E-state index is 12.9. The van der Waals surface area contributed by atoms with Gasteiger partial charge in [-0.15, -0.1) is 0 Å². The molecule has 0 bridgehead atoms. The normalized spacial score (nSPS) is 23.6. The van der Waals surface area contributed by atoms with Gasteiger partial charge in [-0.25, -0.2) is 0 Å². The lowest BCUT2D eigenvalue weighted by Gasteiger charge is -2.48. The Morgan fingerprint density at radius 1 is 1.00 bits per heavy atom. The van der Waals surface area contributed by atoms with E-state index in [1.165, 1.54) is 18.4 Å². The van der Waals surface area contributed by atoms with Crippen LogP contribution < -0.4 is 9.64 Å². The highest BCUT2D eigenvalue weighted by atomic mass is 16.5. The van der Waals surface area contributed by atoms with Gasteiger partial charge in [-0.2, -0.15) is 0 Å². The Bertz CT molecular complexity index is 723. The second-order valence-corrected chi connectivity index (χ2v) is 6.88. The molecule has 0 aliphatic carbocycles. The lowest BCUT2D eigenvalue weighted by Crippen LogP contribution is -2.58. The predicted molar refractivity (Wildman–Crippen MR) is 98.8 cm³/mol. The van der Waals surface area contributed by atoms with Gasteiger partial charge < -0.3 is 14.5 Å². The molecular formula is C21H24N2O2. The van der Waals surface area contributed by atoms with Crippen LogP contribution in [0, 0.1) is 5.92 Å². The number of likely N-dealkylation sites (tertiary alicyclic amines) is 1. The summed E-state index contributed by atoms with van der Waals surface area (Å²) in [7, 11) is 1.67. The van der Waals surface area contributed by atoms with Crippen LogP contribution in [-0.2, 0) is 4.79 Å². The van der Waals surface area contributed by atoms with E-state index >= 15 is 0 Å². The van der Waals surface area contributed by atoms with Crippen LogP contribution >= 0.6 is 0 Å². The molecular weight excluding hydrogens is 312 g/mol. The van der Waals surface area contributed by atoms with Crippen molar-refractivity contribution in [3.63, 3.8) is 0 Å². The minimum atomic E-state index is 0.0340. The highest BCUT2D eigenvalue weighted by molar-refractivity contribution is 6.03. The average molecular weight is 336 g/mol. The van der Waals surface area contributed by atoms with Crippen molar-refractivity contribution in [3.8, 4) is 5.75 Å². The first-order valence-corrected chi connectivity index (χ1v) is 9.02. The number of nitrogens with zero attached hydrogens (tertiary/aromatic N) is 2. The van der Waals surface area contributed by atoms with Gasteiger partial charge in [-0.3, -0.25) is 4.79 Å². The summed E-state index contributed by atoms with van der Waals surface area (Å²) in [6.07, 6.45) is 2.49. The van der Waals surface area contributed by atoms with Gasteiger partial charge in [-0.05, 0) is 55.8 Å². The summed E-state index contributed by atoms with van der Waals surface area (Å²) in [4.78, 5) is 17.3. The molecule has 2 atom stereocenters. The van der Waals surface area contributed by atoms with Gasteiger partial charge >= 0.3 is 0 Å². The Labute approximate surface area is 149 Å². The third-order valence-electron chi connectivity index (χ3n) is 5.36. The monoisotopic (exact) mass is 336 g/mol. The van der Waals surface area contributed by atoms with Crippen molar-refractivity contribution in [2.75, 3.05) is 31.6 Å². The second kappa shape index (κ2) is 6.89. The molecule has 0 spiro atoms. The SMILES string of the molecule is COc1ccc([C@@H]2[C@@H](CN3CCCC3)C(=O)N2c2ccccc2)cc1. The number of β-lactam (4-membered cyclic amide) rings is 1. The van der Waals surface area contributed by atoms with Gasteiger partial charge in [0.1, 0.15) is 5.75 Å². The molecule has 2 fully saturated rings. The fourth-order valence-electron chi connectivity index (χ4n) is 4.03. The zero-order valence-electron chi connectivity index (χ0n) is 14.6. The van der Waals surface area contributed by atoms with E-state index in [-0.39, 0.29) is 17.9 Å². The number of hydrogen-bond donors (Lipinski definition) is 0. The van der Waals surface area contributed by atoms with Crippen molar-refractivity contribution in [3.05, 3.63) is 60.2 Å². The Morgan fingerprint density at radius 3 is 2.32 bits per heavy atom. The van der Waals surface area contributed by atoms with Gasteiger partial charge in [0.15, 0.2) is 0 Å². The molecule has 0 radical (unpaired) electrons. The van der Waals surface area contributed by atoms with Crippen molar-refractivity contribution in [2.45, 2.75) is 18.9 Å². The number of carbonyl (C=O) groups excluding carboxylic acids is 1. The molecule has 25 heavy (non-hydrogen) atoms. The molecule has 2 aliphatic rings. The van der Waals surface area contributed by atoms with Gasteiger partial charge in [-0.1, -0.05) is 30.3 Å². The van der Waals surface area contributed by atoms with E-state index < -0.39 is 0 Å². The van der Waals surface area contributed by atoms with Crippen molar-refractivity contribution in [1.29, 1.82) is 0 Å². The van der Waals surface area contributed by atoms with Crippen LogP contribution in [0.2, 0.25) is 0 Å². The first-order chi connectivity index (χ1) is 12.3. The first kappa shape index (κ1) is 16.2. The fourth-order valence-corrected chi connectivity index (χ4v) is 4.03. The Balaban J connectivity index is 1.63. The van der Waals surface area contributed by atoms with Gasteiger partial charge in [0.05, 0.1) is 19.1 Å². The summed E-state index contributed by atoms with van der Waals surface area (Å²) < 4.78 is 5.28. The van der Waals surface area contributed by atoms with Crippen molar-refractivity contribution >= 4 is 11.6 Å². The van der Waals surface area contributed by atoms with E-state index in [0.29, 0.717) is 0 Å². The summed E-state index contributed by atoms with van der Waals surface area (Å²) in [6, 6.07) is 18.2. The molecule has 2 heterocycles. The van der Waals surface area contributed by atoms with E-state index in [9.17, 15) is 4.79 Å². The molecule has 0 N–H and O–H groups in total. The molecule has 130 valence electrons. The van der Waals surface area contributed by atoms with Crippen molar-refractivity contribution in [1.82, 2.24) is 4.90 Å². The van der Waals surface area contributed by atoms with Crippen LogP contribution in [0.15, 0.2) is 54.6 Å². The highest BCUT2D eigenvalue weighted by Crippen LogP contribution is 2.44. The van der Waals surface area contributed by atoms with Crippen molar-refractivity contribution in [2.24, 2.45) is 5.92 Å². The zero-order chi connectivity index (χ0) is 17.2. The molecule has 0 aromatic heterocycles. The third kappa shape index (κ3) is 3.02. The van der Waals surface area contributed by atoms with E-state index in [4.69, 9.17) is 4.74 Å². The van der Waals surface area contributed by atoms with Crippen LogP contribution in [0.1, 0.15) is 24.4 Å². The van der Waals surface area contributed by atoms with Crippen LogP contribution in [0.3, 0.4) is 0 Å². The smallest absolute Gasteiger partial charge is 0.234 e. The number of benzene rings is 2. The molecule has 0 saturated carbocycles. The lowest BCUT2D eigenvalue weighted by atomic mass is 9.81. The predicted octanol–water partition coefficient (Wildman–Crippen LogP) is 3.50. The number of hydrogen-bond acceptors (Lipinski definition) is 3. The Morgan fingerprint density at radius 2 is 1.68 bits per heavy atom. The molecule has 4 nitrogen and oxygen atoms in total. The first-order valence-electron chi connectivity index (χ1n) is 9.02. The maximum absolute atomic E-state index is 12.9. The fraction of sp³-hybridized carbons (Fsp3) is 0.381. The van der Waals surface area contributed by atoms with Gasteiger partial charge in [0, 0.05) is 12.2 Å². The molecule has 4 heteroatoms. The van der Waals surface area contributed by atoms with Crippen LogP contribution in [0.4, 0.5) is 5.69 Å². The van der Waals surface area contributed by atoms with Crippen LogP contribution in [0.5, 0.6) is 5.75 Å². The number of rotatable bonds is 5. The minimum absolute atomic E-state index is 0.0340. The molecule has 2 aromatic rings. The molecule has 2 aromatic carbocycles. The molecule has 2 aliphatic heterocycles. The van der Waals surface area contributed by atoms with Crippen LogP contribution in [-0.4, -0.2) is 37.6 Å². The summed E-state index contributed by atoms with van der Waals surface area (Å²) in [5.41, 5.74) is 2.15. The average Bonchev–Trinajstić information content (AvgIpc) is 3.18. The van der Waals surface area contributed by atoms with E-state index in [0.717, 1.165) is 31.1 Å². The van der Waals surface area contributed by atoms with E-state index in [1.807, 2.05) is 47.4 Å². The number of methoxy groups -OCH3 is 1. The zero-order valence-corrected chi connectivity index (χ0v) is 14.6. The summed E-state index contributed by atoms with van der Waals surface area (Å²) in [6.45, 7) is 3.09. The lowest BCUT2D eigenvalue weighted by molar-refractivity contribution is -0.131. The molecule has 4 rings (SSSR count). The second-order valence-electron chi connectivity index (χ2n) is 6.88. The third-order valence-corrected chi connectivity index (χ3v) is 5.36. The largest absolute Gasteiger partial charge is 0.497 e. The molecule has 1 amide bonds.